The van der Waals surface area contributed by atoms with Crippen molar-refractivity contribution < 1.29 is 14.4 Å². The number of benzene rings is 1. The maximum Gasteiger partial charge on any atom is 0.270 e. The fraction of sp³-hybridized carbons (Fsp3) is 0.312. The van der Waals surface area contributed by atoms with Crippen LogP contribution in [0.3, 0.4) is 0 Å². The second-order valence-corrected chi connectivity index (χ2v) is 6.85. The van der Waals surface area contributed by atoms with E-state index < -0.39 is 4.92 Å². The van der Waals surface area contributed by atoms with E-state index in [1.54, 1.807) is 0 Å². The van der Waals surface area contributed by atoms with Crippen LogP contribution in [0, 0.1) is 24.0 Å². The van der Waals surface area contributed by atoms with Gasteiger partial charge in [0, 0.05) is 40.4 Å². The molecule has 0 unspecified atom stereocenters. The van der Waals surface area contributed by atoms with Gasteiger partial charge in [0.15, 0.2) is 11.9 Å². The maximum absolute atomic E-state index is 11.2. The molecule has 0 radical (unpaired) electrons. The number of nitro benzene ring substituents is 1. The smallest absolute Gasteiger partial charge is 0.270 e. The molecule has 0 saturated heterocycles. The fourth-order valence-electron chi connectivity index (χ4n) is 2.93. The maximum atomic E-state index is 11.2. The zero-order valence-electron chi connectivity index (χ0n) is 14.1. The van der Waals surface area contributed by atoms with E-state index in [2.05, 4.69) is 15.2 Å². The van der Waals surface area contributed by atoms with Crippen LogP contribution in [0.5, 0.6) is 5.75 Å². The van der Waals surface area contributed by atoms with E-state index in [0.717, 1.165) is 17.0 Å². The van der Waals surface area contributed by atoms with Gasteiger partial charge in [-0.1, -0.05) is 11.8 Å². The van der Waals surface area contributed by atoms with Gasteiger partial charge < -0.3 is 9.47 Å². The van der Waals surface area contributed by atoms with E-state index in [9.17, 15) is 10.1 Å². The molecule has 1 aliphatic rings. The van der Waals surface area contributed by atoms with Crippen LogP contribution in [-0.4, -0.2) is 31.3 Å². The molecule has 4 rings (SSSR count). The lowest BCUT2D eigenvalue weighted by molar-refractivity contribution is -0.385. The molecule has 1 aliphatic heterocycles. The number of hydrogen-bond acceptors (Lipinski definition) is 8. The average molecular weight is 373 g/mol. The Morgan fingerprint density at radius 1 is 1.31 bits per heavy atom. The van der Waals surface area contributed by atoms with Crippen molar-refractivity contribution in [3.8, 4) is 5.75 Å². The van der Waals surface area contributed by atoms with Crippen LogP contribution in [-0.2, 0) is 17.1 Å². The Kier molecular flexibility index (Phi) is 4.21. The first-order valence-electron chi connectivity index (χ1n) is 7.86. The molecule has 0 saturated carbocycles. The number of non-ortho nitro benzene ring substituents is 1. The molecule has 0 spiro atoms. The molecular weight excluding hydrogens is 358 g/mol. The Bertz CT molecular complexity index is 1020. The Morgan fingerprint density at radius 3 is 2.96 bits per heavy atom. The van der Waals surface area contributed by atoms with Crippen molar-refractivity contribution in [2.24, 2.45) is 0 Å². The first-order chi connectivity index (χ1) is 12.5. The number of nitro groups is 1. The van der Waals surface area contributed by atoms with Gasteiger partial charge >= 0.3 is 0 Å². The number of fused-ring (bicyclic) bond motifs is 2. The predicted octanol–water partition coefficient (Wildman–Crippen LogP) is 2.81. The number of hydrogen-bond donors (Lipinski definition) is 0. The molecule has 1 aromatic carbocycles. The first-order valence-corrected chi connectivity index (χ1v) is 8.84. The van der Waals surface area contributed by atoms with Crippen molar-refractivity contribution in [3.63, 3.8) is 0 Å². The van der Waals surface area contributed by atoms with Gasteiger partial charge in [-0.15, -0.1) is 10.2 Å². The minimum Gasteiger partial charge on any atom is -0.467 e. The molecule has 0 bridgehead atoms. The van der Waals surface area contributed by atoms with Crippen LogP contribution in [0.25, 0.3) is 5.78 Å². The fourth-order valence-corrected chi connectivity index (χ4v) is 3.88. The largest absolute Gasteiger partial charge is 0.467 e. The summed E-state index contributed by atoms with van der Waals surface area (Å²) < 4.78 is 12.7. The lowest BCUT2D eigenvalue weighted by Gasteiger charge is -2.20. The molecule has 2 aromatic heterocycles. The zero-order chi connectivity index (χ0) is 18.3. The number of aryl methyl sites for hydroxylation is 2. The Labute approximate surface area is 152 Å². The normalized spacial score (nSPS) is 13.5. The van der Waals surface area contributed by atoms with E-state index in [-0.39, 0.29) is 12.5 Å². The van der Waals surface area contributed by atoms with Gasteiger partial charge in [0.25, 0.3) is 11.5 Å². The summed E-state index contributed by atoms with van der Waals surface area (Å²) in [6.45, 7) is 4.30. The minimum atomic E-state index is -0.410. The van der Waals surface area contributed by atoms with Crippen molar-refractivity contribution in [1.29, 1.82) is 0 Å². The molecule has 3 aromatic rings. The summed E-state index contributed by atoms with van der Waals surface area (Å²) in [4.78, 5) is 15.2. The van der Waals surface area contributed by atoms with Gasteiger partial charge in [0.2, 0.25) is 0 Å². The highest BCUT2D eigenvalue weighted by Gasteiger charge is 2.21. The van der Waals surface area contributed by atoms with Gasteiger partial charge in [0.05, 0.1) is 11.5 Å². The third kappa shape index (κ3) is 2.97. The summed E-state index contributed by atoms with van der Waals surface area (Å²) in [6, 6.07) is 4.98. The van der Waals surface area contributed by atoms with Crippen LogP contribution in [0.4, 0.5) is 5.69 Å². The SMILES string of the molecule is Cc1cc(C)n2c(SCc3cc([N+](=O)[O-])cc4c3OCOC4)nnc2n1. The first kappa shape index (κ1) is 16.7. The van der Waals surface area contributed by atoms with Gasteiger partial charge in [-0.25, -0.2) is 4.98 Å². The quantitative estimate of drug-likeness (QED) is 0.390. The molecule has 0 fully saturated rings. The predicted molar refractivity (Wildman–Crippen MR) is 93.2 cm³/mol. The topological polar surface area (TPSA) is 105 Å². The molecule has 3 heterocycles. The van der Waals surface area contributed by atoms with Crippen molar-refractivity contribution in [1.82, 2.24) is 19.6 Å². The van der Waals surface area contributed by atoms with Crippen LogP contribution >= 0.6 is 11.8 Å². The number of rotatable bonds is 4. The summed E-state index contributed by atoms with van der Waals surface area (Å²) >= 11 is 1.43. The van der Waals surface area contributed by atoms with Crippen LogP contribution in [0.2, 0.25) is 0 Å². The summed E-state index contributed by atoms with van der Waals surface area (Å²) in [5.41, 5.74) is 3.29. The van der Waals surface area contributed by atoms with Gasteiger partial charge in [-0.05, 0) is 19.9 Å². The van der Waals surface area contributed by atoms with Crippen molar-refractivity contribution in [3.05, 3.63) is 50.8 Å². The van der Waals surface area contributed by atoms with Gasteiger partial charge in [-0.2, -0.15) is 0 Å². The monoisotopic (exact) mass is 373 g/mol. The van der Waals surface area contributed by atoms with Crippen molar-refractivity contribution >= 4 is 23.2 Å². The molecule has 26 heavy (non-hydrogen) atoms. The van der Waals surface area contributed by atoms with Crippen LogP contribution in [0.15, 0.2) is 23.4 Å². The van der Waals surface area contributed by atoms with Crippen molar-refractivity contribution in [2.45, 2.75) is 31.4 Å². The Balaban J connectivity index is 1.68. The Morgan fingerprint density at radius 2 is 2.15 bits per heavy atom. The molecule has 0 N–H and O–H groups in total. The minimum absolute atomic E-state index is 0.0213. The highest BCUT2D eigenvalue weighted by Crippen LogP contribution is 2.36. The lowest BCUT2D eigenvalue weighted by Crippen LogP contribution is -2.13. The highest BCUT2D eigenvalue weighted by atomic mass is 32.2. The van der Waals surface area contributed by atoms with E-state index >= 15 is 0 Å². The summed E-state index contributed by atoms with van der Waals surface area (Å²) in [5.74, 6) is 1.64. The highest BCUT2D eigenvalue weighted by molar-refractivity contribution is 7.98. The van der Waals surface area contributed by atoms with Gasteiger partial charge in [0.1, 0.15) is 5.75 Å². The van der Waals surface area contributed by atoms with E-state index in [1.165, 1.54) is 23.9 Å². The number of ether oxygens (including phenoxy) is 2. The van der Waals surface area contributed by atoms with E-state index in [0.29, 0.717) is 34.6 Å². The van der Waals surface area contributed by atoms with Crippen molar-refractivity contribution in [2.75, 3.05) is 6.79 Å². The standard InChI is InChI=1S/C16H15N5O4S/c1-9-3-10(2)20-15(17-9)18-19-16(20)26-7-12-5-13(21(22)23)4-11-6-24-8-25-14(11)12/h3-5H,6-8H2,1-2H3. The van der Waals surface area contributed by atoms with Crippen LogP contribution in [0.1, 0.15) is 22.5 Å². The molecular formula is C16H15N5O4S. The summed E-state index contributed by atoms with van der Waals surface area (Å²) in [5, 5.41) is 20.2. The second-order valence-electron chi connectivity index (χ2n) is 5.91. The number of thioether (sulfide) groups is 1. The third-order valence-corrected chi connectivity index (χ3v) is 4.98. The average Bonchev–Trinajstić information content (AvgIpc) is 3.02. The van der Waals surface area contributed by atoms with Crippen LogP contribution < -0.4 is 4.74 Å². The summed E-state index contributed by atoms with van der Waals surface area (Å²) in [6.07, 6.45) is 0. The summed E-state index contributed by atoms with van der Waals surface area (Å²) in [7, 11) is 0. The molecule has 9 nitrogen and oxygen atoms in total. The Hall–Kier alpha value is -2.72. The molecule has 10 heteroatoms. The van der Waals surface area contributed by atoms with Gasteiger partial charge in [-0.3, -0.25) is 14.5 Å². The molecule has 0 atom stereocenters. The second kappa shape index (κ2) is 6.54. The van der Waals surface area contributed by atoms with E-state index in [4.69, 9.17) is 9.47 Å². The zero-order valence-corrected chi connectivity index (χ0v) is 14.9. The molecule has 0 aliphatic carbocycles. The third-order valence-electron chi connectivity index (χ3n) is 4.00. The lowest BCUT2D eigenvalue weighted by atomic mass is 10.1. The molecule has 134 valence electrons. The van der Waals surface area contributed by atoms with E-state index in [1.807, 2.05) is 24.3 Å². The number of aromatic nitrogens is 4. The number of nitrogens with zero attached hydrogens (tertiary/aromatic N) is 5. The molecule has 0 amide bonds.